The largest absolute Gasteiger partial charge is 0.320 e. The second-order valence-corrected chi connectivity index (χ2v) is 10.9. The molecule has 1 fully saturated rings. The summed E-state index contributed by atoms with van der Waals surface area (Å²) in [6, 6.07) is 23.6. The van der Waals surface area contributed by atoms with E-state index in [1.165, 1.54) is 15.9 Å². The molecule has 0 radical (unpaired) electrons. The van der Waals surface area contributed by atoms with Gasteiger partial charge in [-0.1, -0.05) is 66.7 Å². The van der Waals surface area contributed by atoms with Crippen LogP contribution in [0.5, 0.6) is 0 Å². The second kappa shape index (κ2) is 10.9. The molecule has 1 aliphatic rings. The minimum absolute atomic E-state index is 0.123. The van der Waals surface area contributed by atoms with Crippen LogP contribution >= 0.6 is 11.3 Å². The SMILES string of the molecule is Cc1nc2cccc(NC(=O)c3sc(Cc4ccccc4)nc3-c3ccccc3)c2c(=O)n1C1CCC(=O)NC1=O. The lowest BCUT2D eigenvalue weighted by atomic mass is 10.1. The standard InChI is InChI=1S/C31H25N5O4S/c1-18-32-21-13-8-14-22(26(21)31(40)36(18)23-15-16-24(37)34-29(23)38)33-30(39)28-27(20-11-6-3-7-12-20)35-25(41-28)17-19-9-4-2-5-10-19/h2-14,23H,15-17H2,1H3,(H,33,39)(H,34,37,38). The van der Waals surface area contributed by atoms with E-state index in [0.717, 1.165) is 16.1 Å². The first-order valence-corrected chi connectivity index (χ1v) is 14.0. The number of aryl methyl sites for hydroxylation is 1. The number of hydrogen-bond donors (Lipinski definition) is 2. The number of anilines is 1. The maximum atomic E-state index is 13.8. The van der Waals surface area contributed by atoms with E-state index in [1.807, 2.05) is 60.7 Å². The van der Waals surface area contributed by atoms with Crippen LogP contribution in [-0.2, 0) is 16.0 Å². The van der Waals surface area contributed by atoms with Gasteiger partial charge in [-0.15, -0.1) is 11.3 Å². The van der Waals surface area contributed by atoms with Crippen molar-refractivity contribution in [3.05, 3.63) is 110 Å². The minimum Gasteiger partial charge on any atom is -0.320 e. The molecule has 9 nitrogen and oxygen atoms in total. The first kappa shape index (κ1) is 26.3. The van der Waals surface area contributed by atoms with Crippen molar-refractivity contribution in [3.63, 3.8) is 0 Å². The zero-order chi connectivity index (χ0) is 28.5. The Labute approximate surface area is 238 Å². The smallest absolute Gasteiger partial charge is 0.268 e. The van der Waals surface area contributed by atoms with Gasteiger partial charge < -0.3 is 5.32 Å². The summed E-state index contributed by atoms with van der Waals surface area (Å²) in [5.41, 5.74) is 2.67. The molecule has 1 saturated heterocycles. The van der Waals surface area contributed by atoms with Crippen LogP contribution in [0.4, 0.5) is 5.69 Å². The lowest BCUT2D eigenvalue weighted by Gasteiger charge is -2.24. The molecule has 0 bridgehead atoms. The quantitative estimate of drug-likeness (QED) is 0.290. The van der Waals surface area contributed by atoms with E-state index >= 15 is 0 Å². The minimum atomic E-state index is -0.868. The Hall–Kier alpha value is -4.96. The number of nitrogens with zero attached hydrogens (tertiary/aromatic N) is 3. The molecular weight excluding hydrogens is 538 g/mol. The van der Waals surface area contributed by atoms with Crippen LogP contribution in [0.1, 0.15) is 45.0 Å². The Morgan fingerprint density at radius 1 is 0.976 bits per heavy atom. The summed E-state index contributed by atoms with van der Waals surface area (Å²) in [5.74, 6) is -0.971. The monoisotopic (exact) mass is 563 g/mol. The number of nitrogens with one attached hydrogen (secondary N) is 2. The fourth-order valence-electron chi connectivity index (χ4n) is 5.09. The van der Waals surface area contributed by atoms with E-state index in [2.05, 4.69) is 15.6 Å². The Morgan fingerprint density at radius 2 is 1.71 bits per heavy atom. The number of aromatic nitrogens is 3. The first-order chi connectivity index (χ1) is 19.9. The summed E-state index contributed by atoms with van der Waals surface area (Å²) in [6.45, 7) is 1.65. The third kappa shape index (κ3) is 5.17. The van der Waals surface area contributed by atoms with Gasteiger partial charge >= 0.3 is 0 Å². The first-order valence-electron chi connectivity index (χ1n) is 13.1. The van der Waals surface area contributed by atoms with Crippen LogP contribution in [0.3, 0.4) is 0 Å². The summed E-state index contributed by atoms with van der Waals surface area (Å²) in [6.07, 6.45) is 0.892. The molecule has 2 aromatic heterocycles. The predicted octanol–water partition coefficient (Wildman–Crippen LogP) is 4.65. The van der Waals surface area contributed by atoms with E-state index in [4.69, 9.17) is 4.98 Å². The van der Waals surface area contributed by atoms with Crippen LogP contribution in [0, 0.1) is 6.92 Å². The maximum Gasteiger partial charge on any atom is 0.268 e. The fraction of sp³-hybridized carbons (Fsp3) is 0.161. The van der Waals surface area contributed by atoms with Crippen molar-refractivity contribution in [2.45, 2.75) is 32.2 Å². The van der Waals surface area contributed by atoms with E-state index in [0.29, 0.717) is 28.3 Å². The van der Waals surface area contributed by atoms with Crippen molar-refractivity contribution < 1.29 is 14.4 Å². The summed E-state index contributed by atoms with van der Waals surface area (Å²) in [5, 5.41) is 6.19. The zero-order valence-corrected chi connectivity index (χ0v) is 22.9. The Bertz CT molecular complexity index is 1860. The number of imide groups is 1. The number of fused-ring (bicyclic) bond motifs is 1. The molecule has 1 atom stereocenters. The van der Waals surface area contributed by atoms with Gasteiger partial charge in [-0.3, -0.25) is 29.1 Å². The lowest BCUT2D eigenvalue weighted by molar-refractivity contribution is -0.135. The van der Waals surface area contributed by atoms with E-state index in [9.17, 15) is 19.2 Å². The molecule has 10 heteroatoms. The molecule has 1 aliphatic heterocycles. The van der Waals surface area contributed by atoms with Crippen molar-refractivity contribution in [1.29, 1.82) is 0 Å². The molecule has 1 unspecified atom stereocenters. The Kier molecular flexibility index (Phi) is 6.98. The summed E-state index contributed by atoms with van der Waals surface area (Å²) in [4.78, 5) is 61.7. The molecule has 0 aliphatic carbocycles. The van der Waals surface area contributed by atoms with Crippen LogP contribution in [0.25, 0.3) is 22.2 Å². The normalized spacial score (nSPS) is 15.1. The fourth-order valence-corrected chi connectivity index (χ4v) is 6.10. The molecule has 3 heterocycles. The van der Waals surface area contributed by atoms with Gasteiger partial charge in [0.1, 0.15) is 16.7 Å². The lowest BCUT2D eigenvalue weighted by Crippen LogP contribution is -2.45. The summed E-state index contributed by atoms with van der Waals surface area (Å²) >= 11 is 1.31. The molecule has 2 N–H and O–H groups in total. The van der Waals surface area contributed by atoms with Gasteiger partial charge in [0, 0.05) is 18.4 Å². The van der Waals surface area contributed by atoms with Crippen LogP contribution in [0.15, 0.2) is 83.7 Å². The Balaban J connectivity index is 1.40. The van der Waals surface area contributed by atoms with Gasteiger partial charge in [-0.05, 0) is 31.0 Å². The maximum absolute atomic E-state index is 13.8. The van der Waals surface area contributed by atoms with Gasteiger partial charge in [-0.2, -0.15) is 0 Å². The number of amides is 3. The molecule has 41 heavy (non-hydrogen) atoms. The molecule has 204 valence electrons. The van der Waals surface area contributed by atoms with Gasteiger partial charge in [0.2, 0.25) is 11.8 Å². The van der Waals surface area contributed by atoms with Crippen molar-refractivity contribution in [3.8, 4) is 11.3 Å². The number of rotatable bonds is 6. The van der Waals surface area contributed by atoms with Gasteiger partial charge in [0.25, 0.3) is 11.5 Å². The van der Waals surface area contributed by atoms with Gasteiger partial charge in [-0.25, -0.2) is 9.97 Å². The molecule has 0 saturated carbocycles. The van der Waals surface area contributed by atoms with Gasteiger partial charge in [0.15, 0.2) is 0 Å². The topological polar surface area (TPSA) is 123 Å². The third-order valence-corrected chi connectivity index (χ3v) is 8.05. The van der Waals surface area contributed by atoms with Crippen molar-refractivity contribution in [2.24, 2.45) is 0 Å². The van der Waals surface area contributed by atoms with Crippen molar-refractivity contribution >= 4 is 45.6 Å². The number of piperidine rings is 1. The van der Waals surface area contributed by atoms with E-state index < -0.39 is 23.4 Å². The molecule has 6 rings (SSSR count). The van der Waals surface area contributed by atoms with Crippen molar-refractivity contribution in [1.82, 2.24) is 19.9 Å². The van der Waals surface area contributed by atoms with Crippen LogP contribution in [-0.4, -0.2) is 32.3 Å². The average Bonchev–Trinajstić information content (AvgIpc) is 3.39. The molecular formula is C31H25N5O4S. The van der Waals surface area contributed by atoms with Crippen molar-refractivity contribution in [2.75, 3.05) is 5.32 Å². The molecule has 3 amide bonds. The van der Waals surface area contributed by atoms with Crippen LogP contribution < -0.4 is 16.2 Å². The van der Waals surface area contributed by atoms with Crippen LogP contribution in [0.2, 0.25) is 0 Å². The predicted molar refractivity (Wildman–Crippen MR) is 157 cm³/mol. The highest BCUT2D eigenvalue weighted by molar-refractivity contribution is 7.14. The number of hydrogen-bond acceptors (Lipinski definition) is 7. The summed E-state index contributed by atoms with van der Waals surface area (Å²) < 4.78 is 1.31. The highest BCUT2D eigenvalue weighted by Crippen LogP contribution is 2.31. The average molecular weight is 564 g/mol. The van der Waals surface area contributed by atoms with E-state index in [-0.39, 0.29) is 29.8 Å². The zero-order valence-electron chi connectivity index (χ0n) is 22.1. The molecule has 3 aromatic carbocycles. The van der Waals surface area contributed by atoms with E-state index in [1.54, 1.807) is 25.1 Å². The number of carbonyl (C=O) groups is 3. The number of benzene rings is 3. The third-order valence-electron chi connectivity index (χ3n) is 7.00. The highest BCUT2D eigenvalue weighted by atomic mass is 32.1. The highest BCUT2D eigenvalue weighted by Gasteiger charge is 2.31. The van der Waals surface area contributed by atoms with Gasteiger partial charge in [0.05, 0.1) is 27.3 Å². The number of thiazole rings is 1. The molecule has 0 spiro atoms. The summed E-state index contributed by atoms with van der Waals surface area (Å²) in [7, 11) is 0. The Morgan fingerprint density at radius 3 is 2.44 bits per heavy atom. The number of carbonyl (C=O) groups excluding carboxylic acids is 3. The molecule has 5 aromatic rings. The second-order valence-electron chi connectivity index (χ2n) is 9.77.